The lowest BCUT2D eigenvalue weighted by molar-refractivity contribution is -0.111. The number of piperazine rings is 1. The van der Waals surface area contributed by atoms with Crippen LogP contribution in [0.1, 0.15) is 18.0 Å². The SMILES string of the molecule is C=CC(=O)Nc1cc(Nc2cc(N3OCC[C@@H]3c3cccc(Oc4ccccc4)c3)ncn2)c(OC)cc1N1CCN(C)CC1. The summed E-state index contributed by atoms with van der Waals surface area (Å²) in [6.07, 6.45) is 3.55. The molecule has 3 heterocycles. The molecule has 0 spiro atoms. The van der Waals surface area contributed by atoms with Gasteiger partial charge < -0.3 is 29.9 Å². The van der Waals surface area contributed by atoms with Crippen LogP contribution < -0.4 is 30.1 Å². The number of para-hydroxylation sites is 1. The standard InChI is InChI=1S/C34H37N7O4/c1-4-34(42)38-27-20-28(31(43-3)21-30(27)40-16-14-39(2)15-17-40)37-32-22-33(36-23-35-32)41-29(13-18-44-41)24-9-8-12-26(19-24)45-25-10-6-5-7-11-25/h4-12,19-23,29H,1,13-18H2,2-3H3,(H,38,42)(H,35,36,37)/t29-/m1/s1. The quantitative estimate of drug-likeness (QED) is 0.216. The number of likely N-dealkylation sites (N-methyl/N-ethyl adjacent to an activating group) is 1. The number of hydrogen-bond acceptors (Lipinski definition) is 10. The first-order valence-corrected chi connectivity index (χ1v) is 14.9. The molecule has 6 rings (SSSR count). The lowest BCUT2D eigenvalue weighted by Gasteiger charge is -2.35. The Kier molecular flexibility index (Phi) is 9.09. The Morgan fingerprint density at radius 1 is 0.978 bits per heavy atom. The molecule has 11 heteroatoms. The summed E-state index contributed by atoms with van der Waals surface area (Å²) < 4.78 is 11.9. The minimum atomic E-state index is -0.290. The largest absolute Gasteiger partial charge is 0.494 e. The summed E-state index contributed by atoms with van der Waals surface area (Å²) in [5.74, 6) is 3.01. The van der Waals surface area contributed by atoms with E-state index in [1.807, 2.05) is 71.8 Å². The van der Waals surface area contributed by atoms with Crippen LogP contribution in [0.3, 0.4) is 0 Å². The molecule has 1 aromatic heterocycles. The van der Waals surface area contributed by atoms with E-state index in [1.165, 1.54) is 12.4 Å². The number of ether oxygens (including phenoxy) is 2. The van der Waals surface area contributed by atoms with E-state index >= 15 is 0 Å². The molecule has 2 aliphatic rings. The van der Waals surface area contributed by atoms with Crippen LogP contribution in [-0.4, -0.2) is 67.7 Å². The highest BCUT2D eigenvalue weighted by Gasteiger charge is 2.30. The third-order valence-electron chi connectivity index (χ3n) is 7.87. The number of aromatic nitrogens is 2. The third-order valence-corrected chi connectivity index (χ3v) is 7.87. The van der Waals surface area contributed by atoms with E-state index in [1.54, 1.807) is 7.11 Å². The van der Waals surface area contributed by atoms with Crippen LogP contribution in [0, 0.1) is 0 Å². The van der Waals surface area contributed by atoms with Crippen molar-refractivity contribution in [2.75, 3.05) is 67.5 Å². The topological polar surface area (TPSA) is 104 Å². The Balaban J connectivity index is 1.25. The van der Waals surface area contributed by atoms with Gasteiger partial charge in [0, 0.05) is 44.7 Å². The Bertz CT molecular complexity index is 1640. The van der Waals surface area contributed by atoms with Crippen LogP contribution in [0.25, 0.3) is 0 Å². The minimum Gasteiger partial charge on any atom is -0.494 e. The predicted molar refractivity (Wildman–Crippen MR) is 176 cm³/mol. The first-order chi connectivity index (χ1) is 22.0. The van der Waals surface area contributed by atoms with Crippen LogP contribution >= 0.6 is 0 Å². The summed E-state index contributed by atoms with van der Waals surface area (Å²) in [6.45, 7) is 7.67. The molecule has 0 unspecified atom stereocenters. The summed E-state index contributed by atoms with van der Waals surface area (Å²) in [5.41, 5.74) is 3.24. The highest BCUT2D eigenvalue weighted by Crippen LogP contribution is 2.40. The fourth-order valence-corrected chi connectivity index (χ4v) is 5.51. The number of methoxy groups -OCH3 is 1. The molecule has 2 aliphatic heterocycles. The number of rotatable bonds is 10. The van der Waals surface area contributed by atoms with Crippen molar-refractivity contribution in [1.82, 2.24) is 14.9 Å². The monoisotopic (exact) mass is 607 g/mol. The number of nitrogens with zero attached hydrogens (tertiary/aromatic N) is 5. The average Bonchev–Trinajstić information content (AvgIpc) is 3.57. The maximum atomic E-state index is 12.4. The van der Waals surface area contributed by atoms with Crippen molar-refractivity contribution in [2.45, 2.75) is 12.5 Å². The number of amides is 1. The first-order valence-electron chi connectivity index (χ1n) is 14.9. The summed E-state index contributed by atoms with van der Waals surface area (Å²) in [6, 6.07) is 23.3. The smallest absolute Gasteiger partial charge is 0.247 e. The molecule has 0 aliphatic carbocycles. The van der Waals surface area contributed by atoms with Crippen molar-refractivity contribution in [3.05, 3.63) is 97.3 Å². The van der Waals surface area contributed by atoms with Gasteiger partial charge in [-0.15, -0.1) is 0 Å². The fourth-order valence-electron chi connectivity index (χ4n) is 5.51. The molecule has 3 aromatic carbocycles. The molecule has 11 nitrogen and oxygen atoms in total. The summed E-state index contributed by atoms with van der Waals surface area (Å²) in [7, 11) is 3.73. The molecular weight excluding hydrogens is 570 g/mol. The highest BCUT2D eigenvalue weighted by molar-refractivity contribution is 6.02. The van der Waals surface area contributed by atoms with Crippen molar-refractivity contribution in [3.8, 4) is 17.2 Å². The van der Waals surface area contributed by atoms with Crippen molar-refractivity contribution in [3.63, 3.8) is 0 Å². The lowest BCUT2D eigenvalue weighted by Crippen LogP contribution is -2.44. The first kappa shape index (κ1) is 29.9. The van der Waals surface area contributed by atoms with Crippen LogP contribution in [-0.2, 0) is 9.63 Å². The maximum absolute atomic E-state index is 12.4. The van der Waals surface area contributed by atoms with Crippen LogP contribution in [0.5, 0.6) is 17.2 Å². The number of benzene rings is 3. The van der Waals surface area contributed by atoms with Crippen molar-refractivity contribution < 1.29 is 19.1 Å². The number of carbonyl (C=O) groups is 1. The van der Waals surface area contributed by atoms with Crippen LogP contribution in [0.2, 0.25) is 0 Å². The molecule has 0 radical (unpaired) electrons. The number of hydrogen-bond donors (Lipinski definition) is 2. The predicted octanol–water partition coefficient (Wildman–Crippen LogP) is 5.78. The molecule has 2 saturated heterocycles. The third kappa shape index (κ3) is 7.00. The zero-order valence-corrected chi connectivity index (χ0v) is 25.5. The maximum Gasteiger partial charge on any atom is 0.247 e. The van der Waals surface area contributed by atoms with Gasteiger partial charge in [0.15, 0.2) is 5.82 Å². The van der Waals surface area contributed by atoms with E-state index in [2.05, 4.69) is 50.1 Å². The van der Waals surface area contributed by atoms with Gasteiger partial charge in [-0.1, -0.05) is 36.9 Å². The zero-order valence-electron chi connectivity index (χ0n) is 25.5. The molecule has 45 heavy (non-hydrogen) atoms. The van der Waals surface area contributed by atoms with E-state index < -0.39 is 0 Å². The Morgan fingerprint density at radius 2 is 1.78 bits per heavy atom. The number of carbonyl (C=O) groups excluding carboxylic acids is 1. The molecule has 1 atom stereocenters. The van der Waals surface area contributed by atoms with Crippen molar-refractivity contribution in [1.29, 1.82) is 0 Å². The number of hydroxylamine groups is 1. The van der Waals surface area contributed by atoms with E-state index in [9.17, 15) is 4.79 Å². The molecule has 0 saturated carbocycles. The van der Waals surface area contributed by atoms with Gasteiger partial charge in [0.2, 0.25) is 5.91 Å². The Hall–Kier alpha value is -5.13. The molecule has 2 fully saturated rings. The number of nitrogens with one attached hydrogen (secondary N) is 2. The Morgan fingerprint density at radius 3 is 2.56 bits per heavy atom. The minimum absolute atomic E-state index is 0.0646. The summed E-state index contributed by atoms with van der Waals surface area (Å²) >= 11 is 0. The molecule has 4 aromatic rings. The van der Waals surface area contributed by atoms with Gasteiger partial charge >= 0.3 is 0 Å². The van der Waals surface area contributed by atoms with E-state index in [4.69, 9.17) is 14.3 Å². The number of anilines is 5. The van der Waals surface area contributed by atoms with E-state index in [0.29, 0.717) is 35.4 Å². The van der Waals surface area contributed by atoms with Gasteiger partial charge in [-0.2, -0.15) is 0 Å². The van der Waals surface area contributed by atoms with Crippen molar-refractivity contribution >= 4 is 34.6 Å². The van der Waals surface area contributed by atoms with Gasteiger partial charge in [0.05, 0.1) is 36.8 Å². The molecule has 1 amide bonds. The second kappa shape index (κ2) is 13.7. The molecule has 2 N–H and O–H groups in total. The summed E-state index contributed by atoms with van der Waals surface area (Å²) in [4.78, 5) is 32.0. The Labute approximate surface area is 263 Å². The average molecular weight is 608 g/mol. The van der Waals surface area contributed by atoms with E-state index in [0.717, 1.165) is 55.3 Å². The van der Waals surface area contributed by atoms with Crippen LogP contribution in [0.4, 0.5) is 28.7 Å². The second-order valence-corrected chi connectivity index (χ2v) is 10.9. The molecule has 232 valence electrons. The van der Waals surface area contributed by atoms with Gasteiger partial charge in [0.25, 0.3) is 0 Å². The second-order valence-electron chi connectivity index (χ2n) is 10.9. The fraction of sp³-hybridized carbons (Fsp3) is 0.265. The normalized spacial score (nSPS) is 16.7. The lowest BCUT2D eigenvalue weighted by atomic mass is 10.0. The molecular formula is C34H37N7O4. The summed E-state index contributed by atoms with van der Waals surface area (Å²) in [5, 5.41) is 8.15. The van der Waals surface area contributed by atoms with E-state index in [-0.39, 0.29) is 11.9 Å². The van der Waals surface area contributed by atoms with Gasteiger partial charge in [0.1, 0.15) is 29.4 Å². The van der Waals surface area contributed by atoms with Gasteiger partial charge in [-0.3, -0.25) is 9.63 Å². The van der Waals surface area contributed by atoms with Gasteiger partial charge in [-0.05, 0) is 49.0 Å². The van der Waals surface area contributed by atoms with Crippen LogP contribution in [0.15, 0.2) is 91.8 Å². The molecule has 0 bridgehead atoms. The highest BCUT2D eigenvalue weighted by atomic mass is 16.7. The zero-order chi connectivity index (χ0) is 31.2. The van der Waals surface area contributed by atoms with Gasteiger partial charge in [-0.25, -0.2) is 15.0 Å². The van der Waals surface area contributed by atoms with Crippen molar-refractivity contribution in [2.24, 2.45) is 0 Å².